The number of hydrogen-bond acceptors (Lipinski definition) is 4. The summed E-state index contributed by atoms with van der Waals surface area (Å²) in [5.41, 5.74) is -0.216. The second-order valence-corrected chi connectivity index (χ2v) is 5.60. The molecule has 3 unspecified atom stereocenters. The number of aliphatic hydroxyl groups excluding tert-OH is 1. The molecule has 0 spiro atoms. The van der Waals surface area contributed by atoms with Gasteiger partial charge in [0.2, 0.25) is 0 Å². The molecule has 0 bridgehead atoms. The molecule has 1 fully saturated rings. The highest BCUT2D eigenvalue weighted by Crippen LogP contribution is 2.31. The number of aliphatic carboxylic acids is 1. The Morgan fingerprint density at radius 3 is 2.48 bits per heavy atom. The topological polar surface area (TPSA) is 108 Å². The maximum atomic E-state index is 11.9. The highest BCUT2D eigenvalue weighted by atomic mass is 16.5. The first-order valence-electron chi connectivity index (χ1n) is 7.45. The molecule has 122 valence electrons. The number of urea groups is 1. The van der Waals surface area contributed by atoms with Crippen LogP contribution in [0.2, 0.25) is 0 Å². The summed E-state index contributed by atoms with van der Waals surface area (Å²) in [6.07, 6.45) is 1.98. The SMILES string of the molecule is CCC1(CC)CC(NC(=O)NC(C(=O)O)C(C)O)CCO1. The summed E-state index contributed by atoms with van der Waals surface area (Å²) < 4.78 is 5.83. The average Bonchev–Trinajstić information content (AvgIpc) is 2.44. The van der Waals surface area contributed by atoms with Gasteiger partial charge in [-0.15, -0.1) is 0 Å². The van der Waals surface area contributed by atoms with Crippen LogP contribution < -0.4 is 10.6 Å². The molecular weight excluding hydrogens is 276 g/mol. The Morgan fingerprint density at radius 1 is 1.38 bits per heavy atom. The lowest BCUT2D eigenvalue weighted by Crippen LogP contribution is -2.55. The zero-order valence-electron chi connectivity index (χ0n) is 12.9. The van der Waals surface area contributed by atoms with Crippen LogP contribution in [-0.2, 0) is 9.53 Å². The molecule has 1 saturated heterocycles. The molecule has 1 rings (SSSR count). The summed E-state index contributed by atoms with van der Waals surface area (Å²) >= 11 is 0. The molecule has 0 saturated carbocycles. The van der Waals surface area contributed by atoms with Gasteiger partial charge in [0, 0.05) is 12.6 Å². The Bertz CT molecular complexity index is 368. The Hall–Kier alpha value is -1.34. The van der Waals surface area contributed by atoms with Gasteiger partial charge in [0.15, 0.2) is 6.04 Å². The largest absolute Gasteiger partial charge is 0.480 e. The number of ether oxygens (including phenoxy) is 1. The van der Waals surface area contributed by atoms with Gasteiger partial charge in [0.05, 0.1) is 11.7 Å². The third-order valence-electron chi connectivity index (χ3n) is 4.15. The Kier molecular flexibility index (Phi) is 6.42. The quantitative estimate of drug-likeness (QED) is 0.582. The summed E-state index contributed by atoms with van der Waals surface area (Å²) in [7, 11) is 0. The molecule has 3 atom stereocenters. The van der Waals surface area contributed by atoms with Gasteiger partial charge in [-0.2, -0.15) is 0 Å². The van der Waals surface area contributed by atoms with Gasteiger partial charge in [-0.3, -0.25) is 0 Å². The van der Waals surface area contributed by atoms with Gasteiger partial charge in [0.1, 0.15) is 0 Å². The predicted octanol–water partition coefficient (Wildman–Crippen LogP) is 0.857. The molecule has 4 N–H and O–H groups in total. The molecule has 0 radical (unpaired) electrons. The van der Waals surface area contributed by atoms with Crippen LogP contribution >= 0.6 is 0 Å². The number of carbonyl (C=O) groups excluding carboxylic acids is 1. The third kappa shape index (κ3) is 4.86. The van der Waals surface area contributed by atoms with Crippen LogP contribution in [0.3, 0.4) is 0 Å². The highest BCUT2D eigenvalue weighted by molar-refractivity contribution is 5.83. The zero-order valence-corrected chi connectivity index (χ0v) is 12.9. The summed E-state index contributed by atoms with van der Waals surface area (Å²) in [5.74, 6) is -1.26. The van der Waals surface area contributed by atoms with Crippen molar-refractivity contribution < 1.29 is 24.5 Å². The van der Waals surface area contributed by atoms with Crippen molar-refractivity contribution in [1.29, 1.82) is 0 Å². The molecular formula is C14H26N2O5. The molecule has 0 aromatic rings. The molecule has 7 nitrogen and oxygen atoms in total. The minimum absolute atomic E-state index is 0.0536. The highest BCUT2D eigenvalue weighted by Gasteiger charge is 2.35. The number of nitrogens with one attached hydrogen (secondary N) is 2. The van der Waals surface area contributed by atoms with Crippen molar-refractivity contribution in [2.24, 2.45) is 0 Å². The van der Waals surface area contributed by atoms with Crippen LogP contribution in [0.15, 0.2) is 0 Å². The lowest BCUT2D eigenvalue weighted by molar-refractivity contribution is -0.141. The Labute approximate surface area is 125 Å². The van der Waals surface area contributed by atoms with Gasteiger partial charge < -0.3 is 25.6 Å². The van der Waals surface area contributed by atoms with Gasteiger partial charge in [-0.05, 0) is 32.6 Å². The number of aliphatic hydroxyl groups is 1. The first kappa shape index (κ1) is 17.7. The second kappa shape index (κ2) is 7.61. The van der Waals surface area contributed by atoms with Crippen LogP contribution in [0.5, 0.6) is 0 Å². The number of hydrogen-bond donors (Lipinski definition) is 4. The van der Waals surface area contributed by atoms with E-state index in [1.165, 1.54) is 6.92 Å². The van der Waals surface area contributed by atoms with Gasteiger partial charge >= 0.3 is 12.0 Å². The third-order valence-corrected chi connectivity index (χ3v) is 4.15. The fourth-order valence-corrected chi connectivity index (χ4v) is 2.65. The van der Waals surface area contributed by atoms with E-state index in [0.29, 0.717) is 19.4 Å². The van der Waals surface area contributed by atoms with Gasteiger partial charge in [-0.25, -0.2) is 9.59 Å². The van der Waals surface area contributed by atoms with E-state index >= 15 is 0 Å². The Morgan fingerprint density at radius 2 is 2.00 bits per heavy atom. The first-order chi connectivity index (χ1) is 9.83. The average molecular weight is 302 g/mol. The summed E-state index contributed by atoms with van der Waals surface area (Å²) in [6.45, 7) is 6.01. The van der Waals surface area contributed by atoms with E-state index in [1.807, 2.05) is 0 Å². The van der Waals surface area contributed by atoms with E-state index in [1.54, 1.807) is 0 Å². The number of rotatable bonds is 6. The van der Waals surface area contributed by atoms with Crippen molar-refractivity contribution in [1.82, 2.24) is 10.6 Å². The first-order valence-corrected chi connectivity index (χ1v) is 7.45. The lowest BCUT2D eigenvalue weighted by Gasteiger charge is -2.40. The second-order valence-electron chi connectivity index (χ2n) is 5.60. The zero-order chi connectivity index (χ0) is 16.0. The monoisotopic (exact) mass is 302 g/mol. The van der Waals surface area contributed by atoms with Crippen LogP contribution in [0.1, 0.15) is 46.5 Å². The number of carboxylic acid groups (broad SMARTS) is 1. The van der Waals surface area contributed by atoms with Crippen molar-refractivity contribution in [3.8, 4) is 0 Å². The molecule has 0 aliphatic carbocycles. The molecule has 1 heterocycles. The van der Waals surface area contributed by atoms with E-state index in [-0.39, 0.29) is 11.6 Å². The van der Waals surface area contributed by atoms with E-state index in [9.17, 15) is 14.7 Å². The molecule has 21 heavy (non-hydrogen) atoms. The molecule has 1 aliphatic rings. The summed E-state index contributed by atoms with van der Waals surface area (Å²) in [6, 6.07) is -1.94. The lowest BCUT2D eigenvalue weighted by atomic mass is 9.86. The van der Waals surface area contributed by atoms with Crippen molar-refractivity contribution in [2.75, 3.05) is 6.61 Å². The fraction of sp³-hybridized carbons (Fsp3) is 0.857. The Balaban J connectivity index is 2.56. The van der Waals surface area contributed by atoms with Crippen molar-refractivity contribution in [3.63, 3.8) is 0 Å². The summed E-state index contributed by atoms with van der Waals surface area (Å²) in [4.78, 5) is 22.8. The van der Waals surface area contributed by atoms with E-state index in [0.717, 1.165) is 12.8 Å². The van der Waals surface area contributed by atoms with Crippen molar-refractivity contribution in [2.45, 2.75) is 70.2 Å². The maximum absolute atomic E-state index is 11.9. The smallest absolute Gasteiger partial charge is 0.328 e. The maximum Gasteiger partial charge on any atom is 0.328 e. The van der Waals surface area contributed by atoms with Crippen molar-refractivity contribution in [3.05, 3.63) is 0 Å². The normalized spacial score (nSPS) is 23.9. The van der Waals surface area contributed by atoms with E-state index < -0.39 is 24.1 Å². The molecule has 0 aromatic carbocycles. The molecule has 7 heteroatoms. The predicted molar refractivity (Wildman–Crippen MR) is 77.1 cm³/mol. The minimum Gasteiger partial charge on any atom is -0.480 e. The molecule has 1 aliphatic heterocycles. The van der Waals surface area contributed by atoms with Crippen LogP contribution in [0.4, 0.5) is 4.79 Å². The number of carboxylic acids is 1. The van der Waals surface area contributed by atoms with Crippen LogP contribution in [0, 0.1) is 0 Å². The fourth-order valence-electron chi connectivity index (χ4n) is 2.65. The van der Waals surface area contributed by atoms with Gasteiger partial charge in [-0.1, -0.05) is 13.8 Å². The van der Waals surface area contributed by atoms with Gasteiger partial charge in [0.25, 0.3) is 0 Å². The number of amides is 2. The summed E-state index contributed by atoms with van der Waals surface area (Å²) in [5, 5.41) is 23.4. The van der Waals surface area contributed by atoms with Crippen LogP contribution in [-0.4, -0.2) is 52.6 Å². The van der Waals surface area contributed by atoms with Crippen molar-refractivity contribution >= 4 is 12.0 Å². The molecule has 2 amide bonds. The number of carbonyl (C=O) groups is 2. The van der Waals surface area contributed by atoms with E-state index in [2.05, 4.69) is 24.5 Å². The minimum atomic E-state index is -1.31. The van der Waals surface area contributed by atoms with Crippen LogP contribution in [0.25, 0.3) is 0 Å². The molecule has 0 aromatic heterocycles. The standard InChI is InChI=1S/C14H26N2O5/c1-4-14(5-2)8-10(6-7-21-14)15-13(20)16-11(9(3)17)12(18)19/h9-11,17H,4-8H2,1-3H3,(H,18,19)(H2,15,16,20). The van der Waals surface area contributed by atoms with E-state index in [4.69, 9.17) is 9.84 Å².